The lowest BCUT2D eigenvalue weighted by molar-refractivity contribution is -0.136. The zero-order chi connectivity index (χ0) is 29.8. The monoisotopic (exact) mass is 729 g/mol. The average molecular weight is 732 g/mol. The van der Waals surface area contributed by atoms with Gasteiger partial charge in [-0.25, -0.2) is 21.6 Å². The zero-order valence-electron chi connectivity index (χ0n) is 22.4. The minimum Gasteiger partial charge on any atom is -0.481 e. The summed E-state index contributed by atoms with van der Waals surface area (Å²) in [5.74, 6) is 0.0751. The molecule has 0 radical (unpaired) electrons. The highest BCUT2D eigenvalue weighted by molar-refractivity contribution is 9.10. The molecule has 3 heterocycles. The van der Waals surface area contributed by atoms with Crippen molar-refractivity contribution >= 4 is 82.2 Å². The number of piperidine rings is 2. The van der Waals surface area contributed by atoms with Gasteiger partial charge in [-0.2, -0.15) is 4.31 Å². The minimum absolute atomic E-state index is 0.0129. The number of hydrogen-bond acceptors (Lipinski definition) is 7. The standard InChI is InChI=1S/C26H34BrCl2N3O6S3/c27-21-17-25(39-26(21)29)41(37,38)32-14-9-19(10-15-32)3-1-2-18-7-12-31(13-8-18)23-5-4-20(16-22(23)28)40(35,36)30-11-6-24(33)34/h4-5,16-19,30H,1-3,6-15H2,(H,33,34). The van der Waals surface area contributed by atoms with E-state index in [4.69, 9.17) is 28.3 Å². The molecular weight excluding hydrogens is 697 g/mol. The van der Waals surface area contributed by atoms with Gasteiger partial charge in [0.1, 0.15) is 8.55 Å². The Hall–Kier alpha value is -0.930. The van der Waals surface area contributed by atoms with Crippen molar-refractivity contribution in [1.29, 1.82) is 0 Å². The number of sulfonamides is 2. The summed E-state index contributed by atoms with van der Waals surface area (Å²) in [6, 6.07) is 6.21. The van der Waals surface area contributed by atoms with Crippen LogP contribution < -0.4 is 9.62 Å². The molecule has 0 saturated carbocycles. The Morgan fingerprint density at radius 1 is 1.00 bits per heavy atom. The maximum Gasteiger partial charge on any atom is 0.304 e. The molecule has 2 aromatic rings. The Bertz CT molecular complexity index is 1420. The molecular formula is C26H34BrCl2N3O6S3. The van der Waals surface area contributed by atoms with Gasteiger partial charge in [0.2, 0.25) is 10.0 Å². The van der Waals surface area contributed by atoms with Gasteiger partial charge >= 0.3 is 5.97 Å². The van der Waals surface area contributed by atoms with Crippen LogP contribution in [0.2, 0.25) is 9.36 Å². The summed E-state index contributed by atoms with van der Waals surface area (Å²) in [5, 5.41) is 9.07. The number of thiophene rings is 1. The van der Waals surface area contributed by atoms with Crippen LogP contribution >= 0.6 is 50.5 Å². The van der Waals surface area contributed by atoms with Gasteiger partial charge in [0.15, 0.2) is 0 Å². The van der Waals surface area contributed by atoms with Gasteiger partial charge in [0.25, 0.3) is 10.0 Å². The normalized spacial score (nSPS) is 18.2. The highest BCUT2D eigenvalue weighted by Crippen LogP contribution is 2.38. The molecule has 0 amide bonds. The van der Waals surface area contributed by atoms with E-state index in [-0.39, 0.29) is 22.1 Å². The maximum absolute atomic E-state index is 12.9. The molecule has 0 bridgehead atoms. The van der Waals surface area contributed by atoms with Crippen molar-refractivity contribution in [2.45, 2.75) is 60.5 Å². The lowest BCUT2D eigenvalue weighted by Gasteiger charge is -2.35. The number of hydrogen-bond donors (Lipinski definition) is 2. The van der Waals surface area contributed by atoms with E-state index >= 15 is 0 Å². The number of carboxylic acids is 1. The Balaban J connectivity index is 1.18. The fraction of sp³-hybridized carbons (Fsp3) is 0.577. The second-order valence-corrected chi connectivity index (χ2v) is 17.4. The molecule has 2 N–H and O–H groups in total. The molecule has 228 valence electrons. The quantitative estimate of drug-likeness (QED) is 0.272. The van der Waals surface area contributed by atoms with E-state index in [2.05, 4.69) is 25.6 Å². The number of halogens is 3. The van der Waals surface area contributed by atoms with E-state index in [9.17, 15) is 21.6 Å². The van der Waals surface area contributed by atoms with Crippen LogP contribution in [0, 0.1) is 11.8 Å². The van der Waals surface area contributed by atoms with Gasteiger partial charge in [-0.15, -0.1) is 11.3 Å². The first-order valence-electron chi connectivity index (χ1n) is 13.6. The smallest absolute Gasteiger partial charge is 0.304 e. The van der Waals surface area contributed by atoms with E-state index in [0.717, 1.165) is 75.1 Å². The molecule has 1 aromatic carbocycles. The van der Waals surface area contributed by atoms with Crippen LogP contribution in [-0.4, -0.2) is 64.9 Å². The number of anilines is 1. The third-order valence-electron chi connectivity index (χ3n) is 7.83. The number of nitrogens with zero attached hydrogens (tertiary/aromatic N) is 2. The van der Waals surface area contributed by atoms with Crippen LogP contribution in [-0.2, 0) is 24.8 Å². The van der Waals surface area contributed by atoms with Crippen LogP contribution in [0.25, 0.3) is 0 Å². The summed E-state index contributed by atoms with van der Waals surface area (Å²) in [6.07, 6.45) is 6.87. The van der Waals surface area contributed by atoms with Crippen molar-refractivity contribution in [2.75, 3.05) is 37.6 Å². The van der Waals surface area contributed by atoms with Crippen LogP contribution in [0.5, 0.6) is 0 Å². The Kier molecular flexibility index (Phi) is 11.4. The molecule has 2 fully saturated rings. The molecule has 2 saturated heterocycles. The number of rotatable bonds is 12. The molecule has 0 unspecified atom stereocenters. The molecule has 0 atom stereocenters. The van der Waals surface area contributed by atoms with Crippen molar-refractivity contribution < 1.29 is 26.7 Å². The molecule has 0 spiro atoms. The van der Waals surface area contributed by atoms with Gasteiger partial charge in [-0.1, -0.05) is 42.5 Å². The van der Waals surface area contributed by atoms with E-state index in [1.165, 1.54) is 12.1 Å². The van der Waals surface area contributed by atoms with E-state index < -0.39 is 26.0 Å². The SMILES string of the molecule is O=C(O)CCNS(=O)(=O)c1ccc(N2CCC(CCCC3CCN(S(=O)(=O)c4cc(Br)c(Cl)s4)CC3)CC2)c(Cl)c1. The van der Waals surface area contributed by atoms with E-state index in [0.29, 0.717) is 38.8 Å². The largest absolute Gasteiger partial charge is 0.481 e. The summed E-state index contributed by atoms with van der Waals surface area (Å²) in [5.41, 5.74) is 0.800. The van der Waals surface area contributed by atoms with Crippen molar-refractivity contribution in [3.05, 3.63) is 38.1 Å². The number of nitrogens with one attached hydrogen (secondary N) is 1. The summed E-state index contributed by atoms with van der Waals surface area (Å²) >= 11 is 16.9. The van der Waals surface area contributed by atoms with Crippen molar-refractivity contribution in [1.82, 2.24) is 9.03 Å². The Morgan fingerprint density at radius 2 is 1.61 bits per heavy atom. The number of carbonyl (C=O) groups is 1. The van der Waals surface area contributed by atoms with Gasteiger partial charge in [-0.05, 0) is 77.7 Å². The highest BCUT2D eigenvalue weighted by atomic mass is 79.9. The highest BCUT2D eigenvalue weighted by Gasteiger charge is 2.31. The molecule has 9 nitrogen and oxygen atoms in total. The summed E-state index contributed by atoms with van der Waals surface area (Å²) in [4.78, 5) is 12.9. The fourth-order valence-electron chi connectivity index (χ4n) is 5.46. The third kappa shape index (κ3) is 8.59. The third-order valence-corrected chi connectivity index (χ3v) is 14.4. The van der Waals surface area contributed by atoms with E-state index in [1.807, 2.05) is 0 Å². The average Bonchev–Trinajstić information content (AvgIpc) is 3.28. The molecule has 0 aliphatic carbocycles. The molecule has 15 heteroatoms. The lowest BCUT2D eigenvalue weighted by atomic mass is 9.87. The second kappa shape index (κ2) is 14.2. The predicted octanol–water partition coefficient (Wildman–Crippen LogP) is 6.06. The zero-order valence-corrected chi connectivity index (χ0v) is 27.9. The molecule has 41 heavy (non-hydrogen) atoms. The predicted molar refractivity (Wildman–Crippen MR) is 166 cm³/mol. The number of benzene rings is 1. The first kappa shape index (κ1) is 33.0. The molecule has 4 rings (SSSR count). The molecule has 2 aliphatic rings. The summed E-state index contributed by atoms with van der Waals surface area (Å²) in [6.45, 7) is 2.57. The van der Waals surface area contributed by atoms with Gasteiger partial charge in [0.05, 0.1) is 22.0 Å². The van der Waals surface area contributed by atoms with Gasteiger partial charge < -0.3 is 10.0 Å². The second-order valence-electron chi connectivity index (χ2n) is 10.6. The molecule has 1 aromatic heterocycles. The fourth-order valence-corrected chi connectivity index (χ4v) is 10.8. The summed E-state index contributed by atoms with van der Waals surface area (Å²) in [7, 11) is -7.33. The number of carboxylic acid groups (broad SMARTS) is 1. The van der Waals surface area contributed by atoms with Crippen molar-refractivity contribution in [3.63, 3.8) is 0 Å². The number of aliphatic carboxylic acids is 1. The lowest BCUT2D eigenvalue weighted by Crippen LogP contribution is -2.38. The van der Waals surface area contributed by atoms with E-state index in [1.54, 1.807) is 16.4 Å². The van der Waals surface area contributed by atoms with Gasteiger partial charge in [0, 0.05) is 37.2 Å². The Labute approximate surface area is 264 Å². The van der Waals surface area contributed by atoms with Crippen LogP contribution in [0.3, 0.4) is 0 Å². The topological polar surface area (TPSA) is 124 Å². The van der Waals surface area contributed by atoms with Crippen molar-refractivity contribution in [3.8, 4) is 0 Å². The van der Waals surface area contributed by atoms with Crippen molar-refractivity contribution in [2.24, 2.45) is 11.8 Å². The first-order chi connectivity index (χ1) is 19.4. The van der Waals surface area contributed by atoms with Crippen LogP contribution in [0.15, 0.2) is 37.8 Å². The minimum atomic E-state index is -3.83. The maximum atomic E-state index is 12.9. The first-order valence-corrected chi connectivity index (χ1v) is 18.9. The van der Waals surface area contributed by atoms with Crippen LogP contribution in [0.4, 0.5) is 5.69 Å². The van der Waals surface area contributed by atoms with Gasteiger partial charge in [-0.3, -0.25) is 4.79 Å². The molecule has 2 aliphatic heterocycles. The summed E-state index contributed by atoms with van der Waals surface area (Å²) < 4.78 is 56.0. The van der Waals surface area contributed by atoms with Crippen LogP contribution in [0.1, 0.15) is 51.4 Å². The Morgan fingerprint density at radius 3 is 2.15 bits per heavy atom.